The Balaban J connectivity index is 0.000000288. The third-order valence-electron chi connectivity index (χ3n) is 1.26. The molecule has 0 fully saturated rings. The van der Waals surface area contributed by atoms with E-state index in [-0.39, 0.29) is 6.54 Å². The Morgan fingerprint density at radius 1 is 1.50 bits per heavy atom. The molecule has 0 spiro atoms. The maximum atomic E-state index is 10.3. The van der Waals surface area contributed by atoms with Crippen LogP contribution in [0.4, 0.5) is 0 Å². The van der Waals surface area contributed by atoms with E-state index in [2.05, 4.69) is 23.2 Å². The summed E-state index contributed by atoms with van der Waals surface area (Å²) < 4.78 is 1.53. The molecule has 0 unspecified atom stereocenters. The number of hydrogen-bond donors (Lipinski definition) is 2. The number of carbonyl (C=O) groups excluding carboxylic acids is 2. The highest BCUT2D eigenvalue weighted by Crippen LogP contribution is 1.74. The molecule has 1 heterocycles. The quantitative estimate of drug-likeness (QED) is 0.650. The minimum absolute atomic E-state index is 0.181. The van der Waals surface area contributed by atoms with Gasteiger partial charge in [-0.1, -0.05) is 13.2 Å². The summed E-state index contributed by atoms with van der Waals surface area (Å²) in [5.74, 6) is -1.02. The number of rotatable bonds is 3. The molecule has 0 aliphatic heterocycles. The first-order valence-corrected chi connectivity index (χ1v) is 4.27. The van der Waals surface area contributed by atoms with Gasteiger partial charge in [0.25, 0.3) is 0 Å². The smallest absolute Gasteiger partial charge is 0.249 e. The summed E-state index contributed by atoms with van der Waals surface area (Å²) in [5, 5.41) is 5.68. The first-order valence-electron chi connectivity index (χ1n) is 4.27. The van der Waals surface area contributed by atoms with E-state index in [0.29, 0.717) is 0 Å². The third-order valence-corrected chi connectivity index (χ3v) is 1.26. The van der Waals surface area contributed by atoms with Crippen molar-refractivity contribution in [2.24, 2.45) is 5.73 Å². The monoisotopic (exact) mass is 223 g/mol. The second-order valence-electron chi connectivity index (χ2n) is 2.38. The van der Waals surface area contributed by atoms with E-state index in [0.717, 1.165) is 6.08 Å². The highest BCUT2D eigenvalue weighted by molar-refractivity contribution is 6.01. The van der Waals surface area contributed by atoms with Gasteiger partial charge in [-0.2, -0.15) is 5.10 Å². The molecule has 0 aromatic carbocycles. The maximum Gasteiger partial charge on any atom is 0.249 e. The van der Waals surface area contributed by atoms with Crippen molar-refractivity contribution in [2.75, 3.05) is 6.54 Å². The lowest BCUT2D eigenvalue weighted by Gasteiger charge is -1.93. The van der Waals surface area contributed by atoms with Crippen LogP contribution in [-0.2, 0) is 9.59 Å². The standard InChI is InChI=1S/C5H8N2O2.C4H5N3/c1-2-4(8)7-5(9)3-6;1-2-7-4-5-3-6-7/h2H,1,3,6H2,(H,7,8,9);2-4H,1H2. The van der Waals surface area contributed by atoms with Crippen LogP contribution in [0.1, 0.15) is 0 Å². The lowest BCUT2D eigenvalue weighted by Crippen LogP contribution is -2.34. The predicted molar refractivity (Wildman–Crippen MR) is 58.8 cm³/mol. The van der Waals surface area contributed by atoms with Crippen LogP contribution < -0.4 is 11.1 Å². The summed E-state index contributed by atoms with van der Waals surface area (Å²) in [6.45, 7) is 6.43. The fourth-order valence-electron chi connectivity index (χ4n) is 0.551. The molecule has 1 rings (SSSR count). The third kappa shape index (κ3) is 6.22. The molecule has 3 N–H and O–H groups in total. The van der Waals surface area contributed by atoms with E-state index in [1.165, 1.54) is 11.0 Å². The summed E-state index contributed by atoms with van der Waals surface area (Å²) in [7, 11) is 0. The van der Waals surface area contributed by atoms with Crippen molar-refractivity contribution >= 4 is 18.0 Å². The first-order chi connectivity index (χ1) is 7.63. The van der Waals surface area contributed by atoms with E-state index in [9.17, 15) is 9.59 Å². The largest absolute Gasteiger partial charge is 0.322 e. The Hall–Kier alpha value is -2.28. The second-order valence-corrected chi connectivity index (χ2v) is 2.38. The van der Waals surface area contributed by atoms with Gasteiger partial charge in [0.15, 0.2) is 0 Å². The van der Waals surface area contributed by atoms with Gasteiger partial charge in [-0.3, -0.25) is 14.9 Å². The van der Waals surface area contributed by atoms with Crippen LogP contribution in [0.5, 0.6) is 0 Å². The number of amides is 2. The van der Waals surface area contributed by atoms with Crippen molar-refractivity contribution in [2.45, 2.75) is 0 Å². The minimum Gasteiger partial charge on any atom is -0.322 e. The fourth-order valence-corrected chi connectivity index (χ4v) is 0.551. The zero-order valence-corrected chi connectivity index (χ0v) is 8.67. The molecule has 0 atom stereocenters. The van der Waals surface area contributed by atoms with Crippen LogP contribution in [-0.4, -0.2) is 33.1 Å². The molecule has 0 bridgehead atoms. The van der Waals surface area contributed by atoms with E-state index in [4.69, 9.17) is 5.73 Å². The Morgan fingerprint density at radius 3 is 2.50 bits per heavy atom. The predicted octanol–water partition coefficient (Wildman–Crippen LogP) is -0.847. The van der Waals surface area contributed by atoms with Gasteiger partial charge in [0.2, 0.25) is 11.8 Å². The van der Waals surface area contributed by atoms with Crippen LogP contribution in [0, 0.1) is 0 Å². The van der Waals surface area contributed by atoms with E-state index >= 15 is 0 Å². The molecule has 0 saturated heterocycles. The molecule has 0 radical (unpaired) electrons. The number of nitrogens with zero attached hydrogens (tertiary/aromatic N) is 3. The van der Waals surface area contributed by atoms with Gasteiger partial charge in [0, 0.05) is 6.20 Å². The van der Waals surface area contributed by atoms with E-state index < -0.39 is 11.8 Å². The Labute approximate surface area is 92.7 Å². The number of aromatic nitrogens is 3. The molecule has 7 heteroatoms. The summed E-state index contributed by atoms with van der Waals surface area (Å²) in [6.07, 6.45) is 5.62. The van der Waals surface area contributed by atoms with Crippen LogP contribution >= 0.6 is 0 Å². The molecule has 7 nitrogen and oxygen atoms in total. The Kier molecular flexibility index (Phi) is 6.91. The van der Waals surface area contributed by atoms with Crippen LogP contribution in [0.2, 0.25) is 0 Å². The molecule has 86 valence electrons. The lowest BCUT2D eigenvalue weighted by atomic mass is 10.5. The highest BCUT2D eigenvalue weighted by Gasteiger charge is 1.98. The van der Waals surface area contributed by atoms with Gasteiger partial charge < -0.3 is 5.73 Å². The minimum atomic E-state index is -0.523. The molecule has 1 aromatic heterocycles. The summed E-state index contributed by atoms with van der Waals surface area (Å²) >= 11 is 0. The summed E-state index contributed by atoms with van der Waals surface area (Å²) in [5.41, 5.74) is 4.88. The average Bonchev–Trinajstić information content (AvgIpc) is 2.82. The van der Waals surface area contributed by atoms with Crippen molar-refractivity contribution in [3.8, 4) is 0 Å². The Bertz CT molecular complexity index is 358. The molecule has 2 amide bonds. The van der Waals surface area contributed by atoms with Gasteiger partial charge in [-0.25, -0.2) is 9.67 Å². The lowest BCUT2D eigenvalue weighted by molar-refractivity contribution is -0.127. The number of nitrogens with one attached hydrogen (secondary N) is 1. The van der Waals surface area contributed by atoms with Gasteiger partial charge in [-0.05, 0) is 6.08 Å². The van der Waals surface area contributed by atoms with E-state index in [1.807, 2.05) is 5.32 Å². The SMILES string of the molecule is C=CC(=O)NC(=O)CN.C=Cn1cncn1. The molecule has 0 saturated carbocycles. The van der Waals surface area contributed by atoms with Crippen LogP contribution in [0.3, 0.4) is 0 Å². The molecular formula is C9H13N5O2. The zero-order chi connectivity index (χ0) is 12.4. The molecular weight excluding hydrogens is 210 g/mol. The number of nitrogens with two attached hydrogens (primary N) is 1. The number of carbonyl (C=O) groups is 2. The van der Waals surface area contributed by atoms with Gasteiger partial charge in [0.1, 0.15) is 12.7 Å². The van der Waals surface area contributed by atoms with Crippen molar-refractivity contribution in [3.63, 3.8) is 0 Å². The van der Waals surface area contributed by atoms with Gasteiger partial charge >= 0.3 is 0 Å². The average molecular weight is 223 g/mol. The van der Waals surface area contributed by atoms with Crippen molar-refractivity contribution < 1.29 is 9.59 Å². The van der Waals surface area contributed by atoms with Crippen molar-refractivity contribution in [3.05, 3.63) is 31.9 Å². The summed E-state index contributed by atoms with van der Waals surface area (Å²) in [6, 6.07) is 0. The maximum absolute atomic E-state index is 10.3. The molecule has 0 aliphatic rings. The first kappa shape index (κ1) is 13.7. The highest BCUT2D eigenvalue weighted by atomic mass is 16.2. The van der Waals surface area contributed by atoms with Gasteiger partial charge in [-0.15, -0.1) is 0 Å². The van der Waals surface area contributed by atoms with E-state index in [1.54, 1.807) is 12.5 Å². The fraction of sp³-hybridized carbons (Fsp3) is 0.111. The zero-order valence-electron chi connectivity index (χ0n) is 8.67. The van der Waals surface area contributed by atoms with Gasteiger partial charge in [0.05, 0.1) is 6.54 Å². The van der Waals surface area contributed by atoms with Crippen LogP contribution in [0.25, 0.3) is 6.20 Å². The summed E-state index contributed by atoms with van der Waals surface area (Å²) in [4.78, 5) is 24.2. The number of hydrogen-bond acceptors (Lipinski definition) is 5. The van der Waals surface area contributed by atoms with Crippen molar-refractivity contribution in [1.29, 1.82) is 0 Å². The Morgan fingerprint density at radius 2 is 2.19 bits per heavy atom. The second kappa shape index (κ2) is 8.06. The van der Waals surface area contributed by atoms with Crippen molar-refractivity contribution in [1.82, 2.24) is 20.1 Å². The molecule has 1 aromatic rings. The topological polar surface area (TPSA) is 103 Å². The molecule has 16 heavy (non-hydrogen) atoms. The normalized spacial score (nSPS) is 8.31. The molecule has 0 aliphatic carbocycles. The van der Waals surface area contributed by atoms with Crippen LogP contribution in [0.15, 0.2) is 31.9 Å². The number of imide groups is 1.